The summed E-state index contributed by atoms with van der Waals surface area (Å²) in [6, 6.07) is 7.46. The predicted octanol–water partition coefficient (Wildman–Crippen LogP) is 2.27. The van der Waals surface area contributed by atoms with Gasteiger partial charge in [0.2, 0.25) is 5.91 Å². The molecule has 0 aromatic heterocycles. The summed E-state index contributed by atoms with van der Waals surface area (Å²) < 4.78 is 5.60. The molecule has 4 nitrogen and oxygen atoms in total. The second-order valence-corrected chi connectivity index (χ2v) is 4.56. The first-order valence-corrected chi connectivity index (χ1v) is 6.35. The van der Waals surface area contributed by atoms with Gasteiger partial charge < -0.3 is 15.4 Å². The Morgan fingerprint density at radius 3 is 2.83 bits per heavy atom. The van der Waals surface area contributed by atoms with Crippen LogP contribution in [-0.2, 0) is 4.79 Å². The van der Waals surface area contributed by atoms with Crippen LogP contribution in [0.5, 0.6) is 5.75 Å². The molecule has 0 aliphatic heterocycles. The van der Waals surface area contributed by atoms with Crippen LogP contribution < -0.4 is 15.4 Å². The van der Waals surface area contributed by atoms with Crippen molar-refractivity contribution in [3.8, 4) is 5.75 Å². The summed E-state index contributed by atoms with van der Waals surface area (Å²) in [5, 5.41) is 5.80. The maximum Gasteiger partial charge on any atom is 0.238 e. The van der Waals surface area contributed by atoms with Crippen molar-refractivity contribution < 1.29 is 9.53 Å². The Kier molecular flexibility index (Phi) is 6.22. The smallest absolute Gasteiger partial charge is 0.238 e. The predicted molar refractivity (Wildman–Crippen MR) is 73.9 cm³/mol. The Balaban J connectivity index is 2.51. The molecule has 0 bridgehead atoms. The third-order valence-electron chi connectivity index (χ3n) is 2.24. The SMILES string of the molecule is CCNCC(=O)Nc1cccc(OCC(C)C)c1. The number of benzene rings is 1. The average Bonchev–Trinajstić information content (AvgIpc) is 2.34. The second-order valence-electron chi connectivity index (χ2n) is 4.56. The van der Waals surface area contributed by atoms with Crippen molar-refractivity contribution in [1.29, 1.82) is 0 Å². The fourth-order valence-electron chi connectivity index (χ4n) is 1.37. The molecule has 100 valence electrons. The molecule has 0 aliphatic carbocycles. The standard InChI is InChI=1S/C14H22N2O2/c1-4-15-9-14(17)16-12-6-5-7-13(8-12)18-10-11(2)3/h5-8,11,15H,4,9-10H2,1-3H3,(H,16,17). The normalized spacial score (nSPS) is 10.4. The Morgan fingerprint density at radius 1 is 1.39 bits per heavy atom. The quantitative estimate of drug-likeness (QED) is 0.780. The zero-order chi connectivity index (χ0) is 13.4. The number of rotatable bonds is 7. The van der Waals surface area contributed by atoms with Gasteiger partial charge in [0.15, 0.2) is 0 Å². The molecule has 1 aromatic carbocycles. The van der Waals surface area contributed by atoms with E-state index in [0.29, 0.717) is 19.1 Å². The van der Waals surface area contributed by atoms with Crippen molar-refractivity contribution >= 4 is 11.6 Å². The van der Waals surface area contributed by atoms with E-state index < -0.39 is 0 Å². The van der Waals surface area contributed by atoms with Gasteiger partial charge in [0, 0.05) is 11.8 Å². The van der Waals surface area contributed by atoms with Crippen LogP contribution >= 0.6 is 0 Å². The highest BCUT2D eigenvalue weighted by Crippen LogP contribution is 2.17. The first-order chi connectivity index (χ1) is 8.61. The molecule has 0 heterocycles. The average molecular weight is 250 g/mol. The van der Waals surface area contributed by atoms with Crippen LogP contribution in [0.25, 0.3) is 0 Å². The van der Waals surface area contributed by atoms with E-state index in [1.54, 1.807) is 0 Å². The molecule has 0 saturated carbocycles. The fourth-order valence-corrected chi connectivity index (χ4v) is 1.37. The largest absolute Gasteiger partial charge is 0.493 e. The molecular weight excluding hydrogens is 228 g/mol. The molecule has 0 atom stereocenters. The number of anilines is 1. The highest BCUT2D eigenvalue weighted by atomic mass is 16.5. The number of ether oxygens (including phenoxy) is 1. The lowest BCUT2D eigenvalue weighted by Gasteiger charge is -2.10. The summed E-state index contributed by atoms with van der Waals surface area (Å²) in [6.07, 6.45) is 0. The van der Waals surface area contributed by atoms with E-state index in [2.05, 4.69) is 24.5 Å². The first kappa shape index (κ1) is 14.5. The minimum absolute atomic E-state index is 0.0436. The minimum Gasteiger partial charge on any atom is -0.493 e. The maximum absolute atomic E-state index is 11.5. The lowest BCUT2D eigenvalue weighted by molar-refractivity contribution is -0.115. The van der Waals surface area contributed by atoms with E-state index >= 15 is 0 Å². The van der Waals surface area contributed by atoms with Crippen LogP contribution in [0, 0.1) is 5.92 Å². The van der Waals surface area contributed by atoms with E-state index in [1.165, 1.54) is 0 Å². The molecule has 4 heteroatoms. The molecule has 1 aromatic rings. The van der Waals surface area contributed by atoms with Gasteiger partial charge in [-0.3, -0.25) is 4.79 Å². The fraction of sp³-hybridized carbons (Fsp3) is 0.500. The topological polar surface area (TPSA) is 50.4 Å². The lowest BCUT2D eigenvalue weighted by atomic mass is 10.2. The Bertz CT molecular complexity index is 378. The molecule has 2 N–H and O–H groups in total. The van der Waals surface area contributed by atoms with Crippen LogP contribution in [-0.4, -0.2) is 25.6 Å². The Morgan fingerprint density at radius 2 is 2.17 bits per heavy atom. The van der Waals surface area contributed by atoms with Gasteiger partial charge in [0.25, 0.3) is 0 Å². The molecule has 0 unspecified atom stereocenters. The number of hydrogen-bond donors (Lipinski definition) is 2. The molecule has 18 heavy (non-hydrogen) atoms. The maximum atomic E-state index is 11.5. The van der Waals surface area contributed by atoms with Gasteiger partial charge in [-0.15, -0.1) is 0 Å². The van der Waals surface area contributed by atoms with Crippen LogP contribution in [0.15, 0.2) is 24.3 Å². The van der Waals surface area contributed by atoms with Crippen LogP contribution in [0.2, 0.25) is 0 Å². The monoisotopic (exact) mass is 250 g/mol. The number of likely N-dealkylation sites (N-methyl/N-ethyl adjacent to an activating group) is 1. The van der Waals surface area contributed by atoms with Gasteiger partial charge in [0.05, 0.1) is 13.2 Å². The molecule has 1 rings (SSSR count). The number of nitrogens with one attached hydrogen (secondary N) is 2. The summed E-state index contributed by atoms with van der Waals surface area (Å²) in [7, 11) is 0. The van der Waals surface area contributed by atoms with Crippen molar-refractivity contribution in [3.63, 3.8) is 0 Å². The van der Waals surface area contributed by atoms with Gasteiger partial charge in [-0.2, -0.15) is 0 Å². The van der Waals surface area contributed by atoms with E-state index in [0.717, 1.165) is 18.0 Å². The number of carbonyl (C=O) groups is 1. The van der Waals surface area contributed by atoms with E-state index in [9.17, 15) is 4.79 Å². The van der Waals surface area contributed by atoms with Crippen molar-refractivity contribution in [3.05, 3.63) is 24.3 Å². The lowest BCUT2D eigenvalue weighted by Crippen LogP contribution is -2.27. The number of hydrogen-bond acceptors (Lipinski definition) is 3. The Hall–Kier alpha value is -1.55. The summed E-state index contributed by atoms with van der Waals surface area (Å²) in [6.45, 7) is 7.95. The van der Waals surface area contributed by atoms with E-state index in [4.69, 9.17) is 4.74 Å². The third-order valence-corrected chi connectivity index (χ3v) is 2.24. The highest BCUT2D eigenvalue weighted by Gasteiger charge is 2.03. The van der Waals surface area contributed by atoms with Crippen molar-refractivity contribution in [2.24, 2.45) is 5.92 Å². The van der Waals surface area contributed by atoms with Crippen LogP contribution in [0.4, 0.5) is 5.69 Å². The molecule has 0 aliphatic rings. The number of amides is 1. The van der Waals surface area contributed by atoms with Gasteiger partial charge in [-0.25, -0.2) is 0 Å². The zero-order valence-corrected chi connectivity index (χ0v) is 11.3. The van der Waals surface area contributed by atoms with Gasteiger partial charge >= 0.3 is 0 Å². The minimum atomic E-state index is -0.0436. The van der Waals surface area contributed by atoms with Gasteiger partial charge in [-0.05, 0) is 24.6 Å². The summed E-state index contributed by atoms with van der Waals surface area (Å²) >= 11 is 0. The molecular formula is C14H22N2O2. The molecule has 0 radical (unpaired) electrons. The van der Waals surface area contributed by atoms with Crippen LogP contribution in [0.1, 0.15) is 20.8 Å². The van der Waals surface area contributed by atoms with E-state index in [-0.39, 0.29) is 5.91 Å². The van der Waals surface area contributed by atoms with Crippen molar-refractivity contribution in [2.45, 2.75) is 20.8 Å². The zero-order valence-electron chi connectivity index (χ0n) is 11.3. The second kappa shape index (κ2) is 7.71. The van der Waals surface area contributed by atoms with Gasteiger partial charge in [-0.1, -0.05) is 26.8 Å². The van der Waals surface area contributed by atoms with Crippen LogP contribution in [0.3, 0.4) is 0 Å². The summed E-state index contributed by atoms with van der Waals surface area (Å²) in [5.74, 6) is 1.22. The van der Waals surface area contributed by atoms with E-state index in [1.807, 2.05) is 31.2 Å². The molecule has 1 amide bonds. The third kappa shape index (κ3) is 5.68. The highest BCUT2D eigenvalue weighted by molar-refractivity contribution is 5.92. The van der Waals surface area contributed by atoms with Gasteiger partial charge in [0.1, 0.15) is 5.75 Å². The Labute approximate surface area is 109 Å². The molecule has 0 saturated heterocycles. The molecule has 0 fully saturated rings. The summed E-state index contributed by atoms with van der Waals surface area (Å²) in [4.78, 5) is 11.5. The number of carbonyl (C=O) groups excluding carboxylic acids is 1. The molecule has 0 spiro atoms. The first-order valence-electron chi connectivity index (χ1n) is 6.35. The van der Waals surface area contributed by atoms with Crippen molar-refractivity contribution in [1.82, 2.24) is 5.32 Å². The summed E-state index contributed by atoms with van der Waals surface area (Å²) in [5.41, 5.74) is 0.763. The van der Waals surface area contributed by atoms with Crippen molar-refractivity contribution in [2.75, 3.05) is 25.0 Å².